The van der Waals surface area contributed by atoms with E-state index in [1.807, 2.05) is 6.07 Å². The lowest BCUT2D eigenvalue weighted by atomic mass is 10.1. The van der Waals surface area contributed by atoms with Crippen molar-refractivity contribution in [3.05, 3.63) is 47.5 Å². The summed E-state index contributed by atoms with van der Waals surface area (Å²) in [6.45, 7) is 0.245. The standard InChI is InChI=1S/C19H24N2O6S/c1-21(28(5,23)24)14-7-9-16(25-2)15(11-14)19(22)20-12-13-6-8-17(26-3)18(10-13)27-4/h6-11H,12H2,1-5H3,(H,20,22). The van der Waals surface area contributed by atoms with Gasteiger partial charge in [-0.2, -0.15) is 0 Å². The maximum Gasteiger partial charge on any atom is 0.255 e. The summed E-state index contributed by atoms with van der Waals surface area (Å²) in [6, 6.07) is 9.94. The van der Waals surface area contributed by atoms with E-state index >= 15 is 0 Å². The summed E-state index contributed by atoms with van der Waals surface area (Å²) in [5.74, 6) is 1.10. The van der Waals surface area contributed by atoms with Gasteiger partial charge in [0, 0.05) is 13.6 Å². The van der Waals surface area contributed by atoms with Gasteiger partial charge in [-0.3, -0.25) is 9.10 Å². The molecule has 2 aromatic carbocycles. The van der Waals surface area contributed by atoms with E-state index in [0.29, 0.717) is 22.9 Å². The number of benzene rings is 2. The molecule has 1 N–H and O–H groups in total. The third kappa shape index (κ3) is 4.86. The number of carbonyl (C=O) groups excluding carboxylic acids is 1. The molecule has 152 valence electrons. The maximum atomic E-state index is 12.7. The molecule has 2 rings (SSSR count). The van der Waals surface area contributed by atoms with Crippen molar-refractivity contribution in [3.8, 4) is 17.2 Å². The van der Waals surface area contributed by atoms with Crippen molar-refractivity contribution in [3.63, 3.8) is 0 Å². The average Bonchev–Trinajstić information content (AvgIpc) is 2.69. The first-order valence-corrected chi connectivity index (χ1v) is 10.2. The molecule has 0 fully saturated rings. The molecule has 2 aromatic rings. The minimum Gasteiger partial charge on any atom is -0.496 e. The molecule has 0 aromatic heterocycles. The molecule has 0 aliphatic rings. The number of anilines is 1. The topological polar surface area (TPSA) is 94.2 Å². The van der Waals surface area contributed by atoms with Crippen molar-refractivity contribution in [2.75, 3.05) is 38.9 Å². The van der Waals surface area contributed by atoms with Crippen LogP contribution in [0.25, 0.3) is 0 Å². The van der Waals surface area contributed by atoms with Gasteiger partial charge in [0.25, 0.3) is 5.91 Å². The minimum atomic E-state index is -3.45. The van der Waals surface area contributed by atoms with Crippen molar-refractivity contribution in [2.24, 2.45) is 0 Å². The Hall–Kier alpha value is -2.94. The Morgan fingerprint density at radius 1 is 0.964 bits per heavy atom. The Bertz CT molecular complexity index is 959. The van der Waals surface area contributed by atoms with E-state index in [0.717, 1.165) is 16.1 Å². The van der Waals surface area contributed by atoms with E-state index < -0.39 is 15.9 Å². The summed E-state index contributed by atoms with van der Waals surface area (Å²) in [4.78, 5) is 12.7. The van der Waals surface area contributed by atoms with E-state index in [1.165, 1.54) is 27.3 Å². The first kappa shape index (κ1) is 21.4. The summed E-state index contributed by atoms with van der Waals surface area (Å²) in [5.41, 5.74) is 1.41. The van der Waals surface area contributed by atoms with E-state index in [4.69, 9.17) is 14.2 Å². The SMILES string of the molecule is COc1ccc(CNC(=O)c2cc(N(C)S(C)(=O)=O)ccc2OC)cc1OC. The van der Waals surface area contributed by atoms with Gasteiger partial charge < -0.3 is 19.5 Å². The number of ether oxygens (including phenoxy) is 3. The van der Waals surface area contributed by atoms with Crippen LogP contribution in [0.15, 0.2) is 36.4 Å². The van der Waals surface area contributed by atoms with Crippen molar-refractivity contribution < 1.29 is 27.4 Å². The van der Waals surface area contributed by atoms with Gasteiger partial charge in [-0.25, -0.2) is 8.42 Å². The Morgan fingerprint density at radius 2 is 1.57 bits per heavy atom. The zero-order valence-corrected chi connectivity index (χ0v) is 17.3. The van der Waals surface area contributed by atoms with Crippen LogP contribution in [0, 0.1) is 0 Å². The summed E-state index contributed by atoms with van der Waals surface area (Å²) in [5, 5.41) is 2.80. The molecule has 28 heavy (non-hydrogen) atoms. The van der Waals surface area contributed by atoms with Crippen LogP contribution < -0.4 is 23.8 Å². The fourth-order valence-corrected chi connectivity index (χ4v) is 3.03. The predicted molar refractivity (Wildman–Crippen MR) is 107 cm³/mol. The number of sulfonamides is 1. The Labute approximate surface area is 165 Å². The number of methoxy groups -OCH3 is 3. The molecular weight excluding hydrogens is 384 g/mol. The van der Waals surface area contributed by atoms with E-state index in [-0.39, 0.29) is 12.1 Å². The first-order chi connectivity index (χ1) is 13.2. The molecule has 9 heteroatoms. The van der Waals surface area contributed by atoms with Crippen LogP contribution in [0.1, 0.15) is 15.9 Å². The van der Waals surface area contributed by atoms with E-state index in [2.05, 4.69) is 5.32 Å². The number of carbonyl (C=O) groups is 1. The quantitative estimate of drug-likeness (QED) is 0.718. The fourth-order valence-electron chi connectivity index (χ4n) is 2.53. The lowest BCUT2D eigenvalue weighted by Crippen LogP contribution is -2.26. The van der Waals surface area contributed by atoms with Crippen LogP contribution in [0.3, 0.4) is 0 Å². The van der Waals surface area contributed by atoms with E-state index in [9.17, 15) is 13.2 Å². The summed E-state index contributed by atoms with van der Waals surface area (Å²) >= 11 is 0. The molecule has 0 bridgehead atoms. The molecule has 0 atom stereocenters. The zero-order valence-electron chi connectivity index (χ0n) is 16.5. The molecule has 0 radical (unpaired) electrons. The average molecular weight is 408 g/mol. The van der Waals surface area contributed by atoms with Gasteiger partial charge >= 0.3 is 0 Å². The third-order valence-corrected chi connectivity index (χ3v) is 5.40. The van der Waals surface area contributed by atoms with E-state index in [1.54, 1.807) is 31.4 Å². The molecule has 0 unspecified atom stereocenters. The minimum absolute atomic E-state index is 0.232. The number of nitrogens with one attached hydrogen (secondary N) is 1. The second kappa shape index (κ2) is 8.83. The van der Waals surface area contributed by atoms with Crippen molar-refractivity contribution in [2.45, 2.75) is 6.54 Å². The lowest BCUT2D eigenvalue weighted by Gasteiger charge is -2.18. The molecular formula is C19H24N2O6S. The van der Waals surface area contributed by atoms with Gasteiger partial charge in [0.2, 0.25) is 10.0 Å². The monoisotopic (exact) mass is 408 g/mol. The number of rotatable bonds is 8. The molecule has 0 saturated heterocycles. The van der Waals surface area contributed by atoms with Crippen LogP contribution in [0.4, 0.5) is 5.69 Å². The summed E-state index contributed by atoms with van der Waals surface area (Å²) in [6.07, 6.45) is 1.09. The van der Waals surface area contributed by atoms with Crippen molar-refractivity contribution in [1.82, 2.24) is 5.32 Å². The molecule has 0 heterocycles. The summed E-state index contributed by atoms with van der Waals surface area (Å²) in [7, 11) is 2.50. The molecule has 0 spiro atoms. The zero-order chi connectivity index (χ0) is 20.9. The Kier molecular flexibility index (Phi) is 6.74. The maximum absolute atomic E-state index is 12.7. The number of hydrogen-bond donors (Lipinski definition) is 1. The number of hydrogen-bond acceptors (Lipinski definition) is 6. The highest BCUT2D eigenvalue weighted by molar-refractivity contribution is 7.92. The third-order valence-electron chi connectivity index (χ3n) is 4.19. The van der Waals surface area contributed by atoms with Gasteiger partial charge in [-0.15, -0.1) is 0 Å². The highest BCUT2D eigenvalue weighted by atomic mass is 32.2. The van der Waals surface area contributed by atoms with Crippen LogP contribution in [0.2, 0.25) is 0 Å². The smallest absolute Gasteiger partial charge is 0.255 e. The Morgan fingerprint density at radius 3 is 2.14 bits per heavy atom. The van der Waals surface area contributed by atoms with Crippen LogP contribution in [-0.4, -0.2) is 49.0 Å². The second-order valence-corrected chi connectivity index (χ2v) is 8.00. The van der Waals surface area contributed by atoms with Gasteiger partial charge in [-0.1, -0.05) is 6.07 Å². The van der Waals surface area contributed by atoms with Crippen molar-refractivity contribution >= 4 is 21.6 Å². The highest BCUT2D eigenvalue weighted by Crippen LogP contribution is 2.28. The fraction of sp³-hybridized carbons (Fsp3) is 0.316. The lowest BCUT2D eigenvalue weighted by molar-refractivity contribution is 0.0948. The van der Waals surface area contributed by atoms with Crippen molar-refractivity contribution in [1.29, 1.82) is 0 Å². The second-order valence-electron chi connectivity index (χ2n) is 5.99. The van der Waals surface area contributed by atoms with Crippen LogP contribution >= 0.6 is 0 Å². The largest absolute Gasteiger partial charge is 0.496 e. The molecule has 0 saturated carbocycles. The molecule has 1 amide bonds. The van der Waals surface area contributed by atoms with Gasteiger partial charge in [0.15, 0.2) is 11.5 Å². The summed E-state index contributed by atoms with van der Waals surface area (Å²) < 4.78 is 40.3. The first-order valence-electron chi connectivity index (χ1n) is 8.32. The normalized spacial score (nSPS) is 10.9. The highest BCUT2D eigenvalue weighted by Gasteiger charge is 2.18. The molecule has 0 aliphatic carbocycles. The molecule has 0 aliphatic heterocycles. The van der Waals surface area contributed by atoms with Crippen LogP contribution in [0.5, 0.6) is 17.2 Å². The number of amides is 1. The predicted octanol–water partition coefficient (Wildman–Crippen LogP) is 2.04. The number of nitrogens with zero attached hydrogens (tertiary/aromatic N) is 1. The van der Waals surface area contributed by atoms with Gasteiger partial charge in [0.1, 0.15) is 5.75 Å². The van der Waals surface area contributed by atoms with Gasteiger partial charge in [-0.05, 0) is 35.9 Å². The molecule has 8 nitrogen and oxygen atoms in total. The van der Waals surface area contributed by atoms with Gasteiger partial charge in [0.05, 0.1) is 38.8 Å². The Balaban J connectivity index is 2.24. The van der Waals surface area contributed by atoms with Crippen LogP contribution in [-0.2, 0) is 16.6 Å².